The van der Waals surface area contributed by atoms with Gasteiger partial charge in [-0.2, -0.15) is 0 Å². The van der Waals surface area contributed by atoms with Crippen LogP contribution in [0.4, 0.5) is 0 Å². The Bertz CT molecular complexity index is 212. The smallest absolute Gasteiger partial charge is 0.163 e. The van der Waals surface area contributed by atoms with Crippen molar-refractivity contribution in [1.82, 2.24) is 0 Å². The third kappa shape index (κ3) is 1.44. The molecule has 2 aliphatic heterocycles. The van der Waals surface area contributed by atoms with Gasteiger partial charge in [0.2, 0.25) is 0 Å². The predicted octanol–water partition coefficient (Wildman–Crippen LogP) is 0.914. The maximum Gasteiger partial charge on any atom is 0.163 e. The van der Waals surface area contributed by atoms with Gasteiger partial charge in [0.25, 0.3) is 0 Å². The van der Waals surface area contributed by atoms with Crippen molar-refractivity contribution in [1.29, 1.82) is 0 Å². The minimum Gasteiger partial charge on any atom is -0.395 e. The summed E-state index contributed by atoms with van der Waals surface area (Å²) in [6, 6.07) is 0. The van der Waals surface area contributed by atoms with Gasteiger partial charge in [0.05, 0.1) is 12.3 Å². The monoisotopic (exact) mass is 171 g/mol. The van der Waals surface area contributed by atoms with Gasteiger partial charge in [-0.1, -0.05) is 5.16 Å². The van der Waals surface area contributed by atoms with Crippen molar-refractivity contribution in [3.05, 3.63) is 0 Å². The normalized spacial score (nSPS) is 33.2. The van der Waals surface area contributed by atoms with E-state index < -0.39 is 5.79 Å². The molecule has 0 aromatic carbocycles. The summed E-state index contributed by atoms with van der Waals surface area (Å²) >= 11 is 0. The van der Waals surface area contributed by atoms with Crippen molar-refractivity contribution in [2.45, 2.75) is 32.2 Å². The average molecular weight is 171 g/mol. The summed E-state index contributed by atoms with van der Waals surface area (Å²) in [6.45, 7) is 5.08. The zero-order valence-corrected chi connectivity index (χ0v) is 7.37. The minimum absolute atomic E-state index is 0.00231. The number of rotatable bonds is 1. The standard InChI is InChI=1S/C8H13NO3/c1-8(2)10-5-7(12-8)6-3-4-11-9-6/h7H,3-5H2,1-2H3/t7-/m1/s1. The van der Waals surface area contributed by atoms with Crippen LogP contribution in [0.1, 0.15) is 20.3 Å². The summed E-state index contributed by atoms with van der Waals surface area (Å²) in [5, 5.41) is 3.89. The second-order valence-corrected chi connectivity index (χ2v) is 3.48. The van der Waals surface area contributed by atoms with E-state index in [2.05, 4.69) is 5.16 Å². The Morgan fingerprint density at radius 1 is 1.50 bits per heavy atom. The predicted molar refractivity (Wildman–Crippen MR) is 42.9 cm³/mol. The molecule has 12 heavy (non-hydrogen) atoms. The highest BCUT2D eigenvalue weighted by molar-refractivity contribution is 5.89. The van der Waals surface area contributed by atoms with Crippen LogP contribution in [0.3, 0.4) is 0 Å². The summed E-state index contributed by atoms with van der Waals surface area (Å²) in [4.78, 5) is 4.89. The molecular formula is C8H13NO3. The molecule has 0 spiro atoms. The molecule has 68 valence electrons. The topological polar surface area (TPSA) is 40.0 Å². The lowest BCUT2D eigenvalue weighted by molar-refractivity contribution is -0.131. The molecular weight excluding hydrogens is 158 g/mol. The van der Waals surface area contributed by atoms with E-state index in [-0.39, 0.29) is 6.10 Å². The SMILES string of the molecule is CC1(C)OC[C@H](C2=NOCC2)O1. The van der Waals surface area contributed by atoms with Crippen molar-refractivity contribution < 1.29 is 14.3 Å². The molecule has 1 saturated heterocycles. The lowest BCUT2D eigenvalue weighted by atomic mass is 10.2. The quantitative estimate of drug-likeness (QED) is 0.588. The van der Waals surface area contributed by atoms with Crippen molar-refractivity contribution in [2.75, 3.05) is 13.2 Å². The van der Waals surface area contributed by atoms with E-state index in [4.69, 9.17) is 14.3 Å². The first-order valence-corrected chi connectivity index (χ1v) is 4.18. The number of hydrogen-bond donors (Lipinski definition) is 0. The molecule has 2 rings (SSSR count). The van der Waals surface area contributed by atoms with Gasteiger partial charge < -0.3 is 14.3 Å². The molecule has 1 fully saturated rings. The Labute approximate surface area is 71.5 Å². The average Bonchev–Trinajstić information content (AvgIpc) is 2.55. The number of oxime groups is 1. The summed E-state index contributed by atoms with van der Waals surface area (Å²) < 4.78 is 11.0. The van der Waals surface area contributed by atoms with E-state index in [9.17, 15) is 0 Å². The van der Waals surface area contributed by atoms with Crippen LogP contribution < -0.4 is 0 Å². The van der Waals surface area contributed by atoms with Crippen molar-refractivity contribution in [3.63, 3.8) is 0 Å². The van der Waals surface area contributed by atoms with Gasteiger partial charge in [0.15, 0.2) is 5.79 Å². The first kappa shape index (κ1) is 8.01. The molecule has 0 amide bonds. The molecule has 0 N–H and O–H groups in total. The zero-order chi connectivity index (χ0) is 8.60. The van der Waals surface area contributed by atoms with Crippen molar-refractivity contribution in [3.8, 4) is 0 Å². The Morgan fingerprint density at radius 3 is 2.83 bits per heavy atom. The molecule has 0 unspecified atom stereocenters. The molecule has 0 aliphatic carbocycles. The molecule has 2 heterocycles. The molecule has 0 radical (unpaired) electrons. The Kier molecular flexibility index (Phi) is 1.81. The van der Waals surface area contributed by atoms with Crippen LogP contribution >= 0.6 is 0 Å². The molecule has 0 aromatic rings. The molecule has 1 atom stereocenters. The van der Waals surface area contributed by atoms with Crippen LogP contribution in [0.5, 0.6) is 0 Å². The van der Waals surface area contributed by atoms with E-state index >= 15 is 0 Å². The van der Waals surface area contributed by atoms with E-state index in [1.807, 2.05) is 13.8 Å². The highest BCUT2D eigenvalue weighted by Crippen LogP contribution is 2.24. The van der Waals surface area contributed by atoms with Crippen LogP contribution in [-0.4, -0.2) is 30.8 Å². The fourth-order valence-electron chi connectivity index (χ4n) is 1.40. The summed E-state index contributed by atoms with van der Waals surface area (Å²) in [7, 11) is 0. The first-order valence-electron chi connectivity index (χ1n) is 4.18. The third-order valence-corrected chi connectivity index (χ3v) is 2.01. The van der Waals surface area contributed by atoms with Crippen LogP contribution in [-0.2, 0) is 14.3 Å². The van der Waals surface area contributed by atoms with E-state index in [0.717, 1.165) is 12.1 Å². The fraction of sp³-hybridized carbons (Fsp3) is 0.875. The molecule has 4 heteroatoms. The van der Waals surface area contributed by atoms with Gasteiger partial charge in [-0.05, 0) is 13.8 Å². The highest BCUT2D eigenvalue weighted by Gasteiger charge is 2.36. The summed E-state index contributed by atoms with van der Waals surface area (Å²) in [6.07, 6.45) is 0.867. The van der Waals surface area contributed by atoms with Crippen LogP contribution in [0.15, 0.2) is 5.16 Å². The Hall–Kier alpha value is -0.610. The van der Waals surface area contributed by atoms with Crippen molar-refractivity contribution in [2.24, 2.45) is 5.16 Å². The summed E-state index contributed by atoms with van der Waals surface area (Å²) in [5.74, 6) is -0.463. The van der Waals surface area contributed by atoms with Gasteiger partial charge >= 0.3 is 0 Å². The third-order valence-electron chi connectivity index (χ3n) is 2.01. The first-order chi connectivity index (χ1) is 5.67. The lowest BCUT2D eigenvalue weighted by Crippen LogP contribution is -2.26. The highest BCUT2D eigenvalue weighted by atomic mass is 16.7. The molecule has 0 aromatic heterocycles. The number of nitrogens with zero attached hydrogens (tertiary/aromatic N) is 1. The van der Waals surface area contributed by atoms with Crippen LogP contribution in [0.25, 0.3) is 0 Å². The molecule has 4 nitrogen and oxygen atoms in total. The Morgan fingerprint density at radius 2 is 2.33 bits per heavy atom. The molecule has 2 aliphatic rings. The van der Waals surface area contributed by atoms with Crippen molar-refractivity contribution >= 4 is 5.71 Å². The van der Waals surface area contributed by atoms with E-state index in [1.165, 1.54) is 0 Å². The van der Waals surface area contributed by atoms with Crippen LogP contribution in [0, 0.1) is 0 Å². The molecule has 0 saturated carbocycles. The minimum atomic E-state index is -0.463. The lowest BCUT2D eigenvalue weighted by Gasteiger charge is -2.16. The fourth-order valence-corrected chi connectivity index (χ4v) is 1.40. The maximum absolute atomic E-state index is 5.60. The summed E-state index contributed by atoms with van der Waals surface area (Å²) in [5.41, 5.74) is 0.973. The van der Waals surface area contributed by atoms with E-state index in [1.54, 1.807) is 0 Å². The van der Waals surface area contributed by atoms with Gasteiger partial charge in [0, 0.05) is 6.42 Å². The Balaban J connectivity index is 1.99. The van der Waals surface area contributed by atoms with Gasteiger partial charge in [-0.15, -0.1) is 0 Å². The largest absolute Gasteiger partial charge is 0.395 e. The number of ether oxygens (including phenoxy) is 2. The second kappa shape index (κ2) is 2.71. The maximum atomic E-state index is 5.60. The van der Waals surface area contributed by atoms with Gasteiger partial charge in [-0.25, -0.2) is 0 Å². The van der Waals surface area contributed by atoms with E-state index in [0.29, 0.717) is 13.2 Å². The number of hydrogen-bond acceptors (Lipinski definition) is 4. The van der Waals surface area contributed by atoms with Gasteiger partial charge in [0.1, 0.15) is 12.7 Å². The van der Waals surface area contributed by atoms with Crippen LogP contribution in [0.2, 0.25) is 0 Å². The molecule has 0 bridgehead atoms. The zero-order valence-electron chi connectivity index (χ0n) is 7.37. The van der Waals surface area contributed by atoms with Gasteiger partial charge in [-0.3, -0.25) is 0 Å². The second-order valence-electron chi connectivity index (χ2n) is 3.48.